The Bertz CT molecular complexity index is 89.2. The Hall–Kier alpha value is 0.100. The van der Waals surface area contributed by atoms with E-state index >= 15 is 0 Å². The summed E-state index contributed by atoms with van der Waals surface area (Å²) in [6.07, 6.45) is 5.77. The van der Waals surface area contributed by atoms with Crippen molar-refractivity contribution in [3.63, 3.8) is 0 Å². The number of carbonyl (C=O) groups is 1. The first-order chi connectivity index (χ1) is 4.74. The zero-order chi connectivity index (χ0) is 8.04. The minimum absolute atomic E-state index is 0.872. The van der Waals surface area contributed by atoms with E-state index < -0.39 is 7.26 Å². The van der Waals surface area contributed by atoms with E-state index in [1.807, 2.05) is 0 Å². The molecule has 0 rings (SSSR count). The van der Waals surface area contributed by atoms with Crippen LogP contribution in [0.5, 0.6) is 0 Å². The second-order valence-corrected chi connectivity index (χ2v) is 8.46. The molecule has 0 amide bonds. The Morgan fingerprint density at radius 1 is 1.10 bits per heavy atom. The number of rotatable bonds is 5. The Morgan fingerprint density at radius 2 is 1.50 bits per heavy atom. The van der Waals surface area contributed by atoms with Gasteiger partial charge in [0.1, 0.15) is 0 Å². The SMILES string of the molecule is CC[PH](CC)(CC)CC=O. The predicted molar refractivity (Wildman–Crippen MR) is 50.9 cm³/mol. The van der Waals surface area contributed by atoms with Crippen molar-refractivity contribution in [3.8, 4) is 0 Å². The van der Waals surface area contributed by atoms with Crippen LogP contribution in [0.2, 0.25) is 0 Å². The van der Waals surface area contributed by atoms with E-state index in [1.54, 1.807) is 0 Å². The maximum absolute atomic E-state index is 10.3. The molecule has 0 heterocycles. The van der Waals surface area contributed by atoms with E-state index in [0.29, 0.717) is 0 Å². The first-order valence-electron chi connectivity index (χ1n) is 4.18. The van der Waals surface area contributed by atoms with Crippen LogP contribution in [0.3, 0.4) is 0 Å². The Balaban J connectivity index is 4.00. The van der Waals surface area contributed by atoms with Gasteiger partial charge in [-0.1, -0.05) is 0 Å². The molecule has 0 aromatic heterocycles. The molecule has 0 unspecified atom stereocenters. The first-order valence-corrected chi connectivity index (χ1v) is 7.01. The van der Waals surface area contributed by atoms with E-state index in [4.69, 9.17) is 0 Å². The summed E-state index contributed by atoms with van der Waals surface area (Å²) in [7, 11) is -1.09. The average molecular weight is 162 g/mol. The van der Waals surface area contributed by atoms with Gasteiger partial charge in [-0.15, -0.1) is 0 Å². The molecular formula is C8H19OP. The molecule has 0 aromatic rings. The molecule has 62 valence electrons. The van der Waals surface area contributed by atoms with Crippen LogP contribution < -0.4 is 0 Å². The Labute approximate surface area is 64.5 Å². The number of hydrogen-bond donors (Lipinski definition) is 0. The van der Waals surface area contributed by atoms with Gasteiger partial charge in [-0.05, 0) is 0 Å². The zero-order valence-corrected chi connectivity index (χ0v) is 8.31. The van der Waals surface area contributed by atoms with E-state index in [0.717, 1.165) is 12.4 Å². The summed E-state index contributed by atoms with van der Waals surface area (Å²) < 4.78 is 0. The molecular weight excluding hydrogens is 143 g/mol. The molecule has 0 aliphatic rings. The molecule has 0 radical (unpaired) electrons. The van der Waals surface area contributed by atoms with Crippen molar-refractivity contribution in [3.05, 3.63) is 0 Å². The van der Waals surface area contributed by atoms with E-state index in [2.05, 4.69) is 20.8 Å². The summed E-state index contributed by atoms with van der Waals surface area (Å²) in [5, 5.41) is 0. The summed E-state index contributed by atoms with van der Waals surface area (Å²) in [4.78, 5) is 10.3. The van der Waals surface area contributed by atoms with Gasteiger partial charge < -0.3 is 0 Å². The molecule has 2 heteroatoms. The van der Waals surface area contributed by atoms with Crippen molar-refractivity contribution in [2.24, 2.45) is 0 Å². The monoisotopic (exact) mass is 162 g/mol. The third kappa shape index (κ3) is 2.38. The molecule has 0 saturated heterocycles. The first kappa shape index (κ1) is 10.1. The van der Waals surface area contributed by atoms with Crippen LogP contribution in [0.4, 0.5) is 0 Å². The van der Waals surface area contributed by atoms with E-state index in [1.165, 1.54) is 18.5 Å². The number of carbonyl (C=O) groups excluding carboxylic acids is 1. The van der Waals surface area contributed by atoms with Crippen molar-refractivity contribution in [2.75, 3.05) is 24.6 Å². The molecule has 0 N–H and O–H groups in total. The molecule has 0 aliphatic heterocycles. The fourth-order valence-electron chi connectivity index (χ4n) is 1.36. The van der Waals surface area contributed by atoms with Crippen LogP contribution in [-0.4, -0.2) is 30.9 Å². The van der Waals surface area contributed by atoms with Gasteiger partial charge in [0.05, 0.1) is 0 Å². The van der Waals surface area contributed by atoms with Crippen molar-refractivity contribution >= 4 is 13.5 Å². The summed E-state index contributed by atoms with van der Waals surface area (Å²) in [6.45, 7) is 6.67. The van der Waals surface area contributed by atoms with E-state index in [9.17, 15) is 4.79 Å². The van der Waals surface area contributed by atoms with Gasteiger partial charge in [-0.2, -0.15) is 0 Å². The van der Waals surface area contributed by atoms with Crippen LogP contribution in [0.1, 0.15) is 20.8 Å². The van der Waals surface area contributed by atoms with Gasteiger partial charge in [0.15, 0.2) is 0 Å². The fraction of sp³-hybridized carbons (Fsp3) is 0.875. The maximum atomic E-state index is 10.3. The standard InChI is InChI=1S/C8H19OP/c1-4-10(5-2,6-3)8-7-9/h7,10H,4-6,8H2,1-3H3. The third-order valence-corrected chi connectivity index (χ3v) is 8.30. The summed E-state index contributed by atoms with van der Waals surface area (Å²) in [6, 6.07) is 0. The van der Waals surface area contributed by atoms with Crippen molar-refractivity contribution in [1.29, 1.82) is 0 Å². The Kier molecular flexibility index (Phi) is 4.89. The Morgan fingerprint density at radius 3 is 1.60 bits per heavy atom. The second kappa shape index (κ2) is 4.85. The van der Waals surface area contributed by atoms with Crippen LogP contribution in [-0.2, 0) is 4.79 Å². The summed E-state index contributed by atoms with van der Waals surface area (Å²) in [5.41, 5.74) is 0. The molecule has 0 saturated carbocycles. The number of hydrogen-bond acceptors (Lipinski definition) is 1. The van der Waals surface area contributed by atoms with Gasteiger partial charge >= 0.3 is 63.8 Å². The summed E-state index contributed by atoms with van der Waals surface area (Å²) in [5.74, 6) is 0. The normalized spacial score (nSPS) is 13.1. The quantitative estimate of drug-likeness (QED) is 0.446. The predicted octanol–water partition coefficient (Wildman–Crippen LogP) is 1.99. The average Bonchev–Trinajstić information content (AvgIpc) is 2.01. The van der Waals surface area contributed by atoms with Gasteiger partial charge in [-0.25, -0.2) is 0 Å². The van der Waals surface area contributed by atoms with Crippen LogP contribution in [0.25, 0.3) is 0 Å². The van der Waals surface area contributed by atoms with Crippen molar-refractivity contribution in [1.82, 2.24) is 0 Å². The molecule has 10 heavy (non-hydrogen) atoms. The topological polar surface area (TPSA) is 17.1 Å². The number of aldehydes is 1. The van der Waals surface area contributed by atoms with E-state index in [-0.39, 0.29) is 0 Å². The molecule has 0 spiro atoms. The minimum atomic E-state index is -1.09. The zero-order valence-electron chi connectivity index (χ0n) is 7.31. The fourth-order valence-corrected chi connectivity index (χ4v) is 4.08. The molecule has 1 nitrogen and oxygen atoms in total. The molecule has 0 aliphatic carbocycles. The van der Waals surface area contributed by atoms with Gasteiger partial charge in [0, 0.05) is 0 Å². The van der Waals surface area contributed by atoms with Crippen LogP contribution in [0, 0.1) is 0 Å². The second-order valence-electron chi connectivity index (χ2n) is 2.93. The van der Waals surface area contributed by atoms with Crippen molar-refractivity contribution < 1.29 is 4.79 Å². The van der Waals surface area contributed by atoms with Gasteiger partial charge in [0.25, 0.3) is 0 Å². The molecule has 0 aromatic carbocycles. The molecule has 0 bridgehead atoms. The van der Waals surface area contributed by atoms with Gasteiger partial charge in [-0.3, -0.25) is 0 Å². The molecule has 0 fully saturated rings. The van der Waals surface area contributed by atoms with Crippen LogP contribution >= 0.6 is 7.26 Å². The molecule has 0 atom stereocenters. The summed E-state index contributed by atoms with van der Waals surface area (Å²) >= 11 is 0. The third-order valence-electron chi connectivity index (χ3n) is 2.77. The van der Waals surface area contributed by atoms with Gasteiger partial charge in [0.2, 0.25) is 0 Å². The van der Waals surface area contributed by atoms with Crippen LogP contribution in [0.15, 0.2) is 0 Å². The van der Waals surface area contributed by atoms with Crippen molar-refractivity contribution in [2.45, 2.75) is 20.8 Å².